The number of allylic oxidation sites excluding steroid dienone is 1. The zero-order valence-electron chi connectivity index (χ0n) is 7.51. The summed E-state index contributed by atoms with van der Waals surface area (Å²) in [6.45, 7) is 1.40. The van der Waals surface area contributed by atoms with Gasteiger partial charge in [0.2, 0.25) is 0 Å². The molecule has 0 aliphatic heterocycles. The van der Waals surface area contributed by atoms with Crippen molar-refractivity contribution in [3.05, 3.63) is 41.0 Å². The lowest BCUT2D eigenvalue weighted by Gasteiger charge is -2.05. The van der Waals surface area contributed by atoms with Crippen molar-refractivity contribution in [2.24, 2.45) is 5.73 Å². The molecule has 0 atom stereocenters. The molecule has 0 bridgehead atoms. The Morgan fingerprint density at radius 2 is 1.86 bits per heavy atom. The van der Waals surface area contributed by atoms with Crippen LogP contribution in [0.1, 0.15) is 12.5 Å². The van der Waals surface area contributed by atoms with E-state index in [0.717, 1.165) is 12.1 Å². The zero-order valence-corrected chi connectivity index (χ0v) is 7.51. The predicted octanol–water partition coefficient (Wildman–Crippen LogP) is 2.18. The maximum atomic E-state index is 13.1. The lowest BCUT2D eigenvalue weighted by Crippen LogP contribution is -2.04. The first-order valence-electron chi connectivity index (χ1n) is 3.88. The van der Waals surface area contributed by atoms with Gasteiger partial charge in [0, 0.05) is 0 Å². The number of nitrogens with zero attached hydrogens (tertiary/aromatic N) is 1. The fraction of sp³-hybridized carbons (Fsp3) is 0.100. The van der Waals surface area contributed by atoms with Gasteiger partial charge in [0.1, 0.15) is 11.6 Å². The molecule has 0 saturated heterocycles. The molecule has 4 heteroatoms. The number of rotatable bonds is 1. The van der Waals surface area contributed by atoms with Crippen molar-refractivity contribution in [1.82, 2.24) is 0 Å². The minimum absolute atomic E-state index is 0.0917. The van der Waals surface area contributed by atoms with E-state index in [1.54, 1.807) is 6.07 Å². The van der Waals surface area contributed by atoms with E-state index in [9.17, 15) is 8.78 Å². The Kier molecular flexibility index (Phi) is 2.82. The standard InChI is InChI=1S/C10H8F2N2/c1-6(5-13)10(14)9-7(11)3-2-4-8(9)12/h2-4H,14H2,1H3/b10-6-. The minimum Gasteiger partial charge on any atom is -0.397 e. The topological polar surface area (TPSA) is 49.8 Å². The van der Waals surface area contributed by atoms with Gasteiger partial charge in [0.15, 0.2) is 0 Å². The second-order valence-electron chi connectivity index (χ2n) is 2.75. The third kappa shape index (κ3) is 1.72. The highest BCUT2D eigenvalue weighted by atomic mass is 19.1. The first-order chi connectivity index (χ1) is 6.57. The zero-order chi connectivity index (χ0) is 10.7. The molecule has 1 aromatic carbocycles. The van der Waals surface area contributed by atoms with Gasteiger partial charge in [0.05, 0.1) is 22.9 Å². The van der Waals surface area contributed by atoms with Gasteiger partial charge in [-0.1, -0.05) is 6.07 Å². The van der Waals surface area contributed by atoms with Crippen molar-refractivity contribution >= 4 is 5.70 Å². The van der Waals surface area contributed by atoms with Crippen LogP contribution in [0.4, 0.5) is 8.78 Å². The third-order valence-electron chi connectivity index (χ3n) is 1.80. The van der Waals surface area contributed by atoms with Gasteiger partial charge in [-0.05, 0) is 19.1 Å². The van der Waals surface area contributed by atoms with Crippen molar-refractivity contribution in [1.29, 1.82) is 5.26 Å². The van der Waals surface area contributed by atoms with Crippen LogP contribution in [0.3, 0.4) is 0 Å². The normalized spacial score (nSPS) is 11.9. The molecule has 0 aliphatic carbocycles. The molecule has 72 valence electrons. The average molecular weight is 194 g/mol. The smallest absolute Gasteiger partial charge is 0.135 e. The molecule has 0 amide bonds. The van der Waals surface area contributed by atoms with Crippen LogP contribution in [0.2, 0.25) is 0 Å². The Balaban J connectivity index is 3.42. The van der Waals surface area contributed by atoms with Gasteiger partial charge in [-0.15, -0.1) is 0 Å². The Bertz CT molecular complexity index is 410. The van der Waals surface area contributed by atoms with Gasteiger partial charge < -0.3 is 5.73 Å². The molecule has 0 unspecified atom stereocenters. The van der Waals surface area contributed by atoms with E-state index in [1.165, 1.54) is 13.0 Å². The summed E-state index contributed by atoms with van der Waals surface area (Å²) in [5, 5.41) is 8.52. The Labute approximate surface area is 80.3 Å². The first-order valence-corrected chi connectivity index (χ1v) is 3.88. The van der Waals surface area contributed by atoms with Crippen LogP contribution in [0, 0.1) is 23.0 Å². The van der Waals surface area contributed by atoms with Crippen molar-refractivity contribution in [3.63, 3.8) is 0 Å². The summed E-state index contributed by atoms with van der Waals surface area (Å²) < 4.78 is 26.3. The molecule has 2 N–H and O–H groups in total. The van der Waals surface area contributed by atoms with Gasteiger partial charge in [0.25, 0.3) is 0 Å². The second kappa shape index (κ2) is 3.88. The lowest BCUT2D eigenvalue weighted by atomic mass is 10.1. The molecule has 0 fully saturated rings. The summed E-state index contributed by atoms with van der Waals surface area (Å²) in [7, 11) is 0. The van der Waals surface area contributed by atoms with Crippen LogP contribution in [0.5, 0.6) is 0 Å². The molecular formula is C10H8F2N2. The molecule has 0 spiro atoms. The lowest BCUT2D eigenvalue weighted by molar-refractivity contribution is 0.576. The molecule has 0 aromatic heterocycles. The van der Waals surface area contributed by atoms with E-state index >= 15 is 0 Å². The number of benzene rings is 1. The molecule has 0 aliphatic rings. The average Bonchev–Trinajstić information content (AvgIpc) is 2.16. The Morgan fingerprint density at radius 1 is 1.36 bits per heavy atom. The highest BCUT2D eigenvalue weighted by Gasteiger charge is 2.12. The van der Waals surface area contributed by atoms with E-state index in [4.69, 9.17) is 11.0 Å². The van der Waals surface area contributed by atoms with E-state index in [2.05, 4.69) is 0 Å². The van der Waals surface area contributed by atoms with Crippen LogP contribution < -0.4 is 5.73 Å². The van der Waals surface area contributed by atoms with Gasteiger partial charge >= 0.3 is 0 Å². The summed E-state index contributed by atoms with van der Waals surface area (Å²) in [4.78, 5) is 0. The van der Waals surface area contributed by atoms with Crippen molar-refractivity contribution in [2.75, 3.05) is 0 Å². The highest BCUT2D eigenvalue weighted by molar-refractivity contribution is 5.69. The van der Waals surface area contributed by atoms with Gasteiger partial charge in [-0.2, -0.15) is 5.26 Å². The largest absolute Gasteiger partial charge is 0.397 e. The quantitative estimate of drug-likeness (QED) is 0.696. The molecule has 1 aromatic rings. The Morgan fingerprint density at radius 3 is 2.29 bits per heavy atom. The fourth-order valence-corrected chi connectivity index (χ4v) is 1.00. The summed E-state index contributed by atoms with van der Waals surface area (Å²) in [6, 6.07) is 5.16. The summed E-state index contributed by atoms with van der Waals surface area (Å²) >= 11 is 0. The molecule has 14 heavy (non-hydrogen) atoms. The number of nitriles is 1. The number of hydrogen-bond donors (Lipinski definition) is 1. The predicted molar refractivity (Wildman–Crippen MR) is 48.8 cm³/mol. The van der Waals surface area contributed by atoms with E-state index < -0.39 is 11.6 Å². The molecule has 0 radical (unpaired) electrons. The van der Waals surface area contributed by atoms with Gasteiger partial charge in [-0.25, -0.2) is 8.78 Å². The molecule has 0 saturated carbocycles. The highest BCUT2D eigenvalue weighted by Crippen LogP contribution is 2.20. The van der Waals surface area contributed by atoms with Crippen LogP contribution in [0.15, 0.2) is 23.8 Å². The third-order valence-corrected chi connectivity index (χ3v) is 1.80. The van der Waals surface area contributed by atoms with Crippen LogP contribution in [0.25, 0.3) is 5.70 Å². The number of hydrogen-bond acceptors (Lipinski definition) is 2. The van der Waals surface area contributed by atoms with Crippen molar-refractivity contribution < 1.29 is 8.78 Å². The van der Waals surface area contributed by atoms with Crippen LogP contribution in [-0.4, -0.2) is 0 Å². The SMILES string of the molecule is C/C(C#N)=C(/N)c1c(F)cccc1F. The minimum atomic E-state index is -0.767. The fourth-order valence-electron chi connectivity index (χ4n) is 1.00. The van der Waals surface area contributed by atoms with Crippen molar-refractivity contribution in [2.45, 2.75) is 6.92 Å². The van der Waals surface area contributed by atoms with Crippen LogP contribution in [-0.2, 0) is 0 Å². The second-order valence-corrected chi connectivity index (χ2v) is 2.75. The molecule has 2 nitrogen and oxygen atoms in total. The summed E-state index contributed by atoms with van der Waals surface area (Å²) in [5.41, 5.74) is 5.01. The first kappa shape index (κ1) is 10.2. The number of nitrogens with two attached hydrogens (primary N) is 1. The molecular weight excluding hydrogens is 186 g/mol. The maximum Gasteiger partial charge on any atom is 0.135 e. The van der Waals surface area contributed by atoms with Crippen LogP contribution >= 0.6 is 0 Å². The summed E-state index contributed by atoms with van der Waals surface area (Å²) in [5.74, 6) is -1.53. The van der Waals surface area contributed by atoms with Gasteiger partial charge in [-0.3, -0.25) is 0 Å². The maximum absolute atomic E-state index is 13.1. The monoisotopic (exact) mass is 194 g/mol. The number of halogens is 2. The summed E-state index contributed by atoms with van der Waals surface area (Å²) in [6.07, 6.45) is 0. The molecule has 1 rings (SSSR count). The van der Waals surface area contributed by atoms with E-state index in [0.29, 0.717) is 0 Å². The van der Waals surface area contributed by atoms with E-state index in [-0.39, 0.29) is 16.8 Å². The molecule has 0 heterocycles. The Hall–Kier alpha value is -1.89. The van der Waals surface area contributed by atoms with E-state index in [1.807, 2.05) is 0 Å². The van der Waals surface area contributed by atoms with Crippen molar-refractivity contribution in [3.8, 4) is 6.07 Å².